The number of likely N-dealkylation sites (N-methyl/N-ethyl adjacent to an activating group) is 1. The smallest absolute Gasteiger partial charge is 0.224 e. The molecule has 0 heterocycles. The SMILES string of the molecule is CCNCCNC(=O)Cc1cccc(Cl)c1.Cl. The molecule has 1 rings (SSSR count). The summed E-state index contributed by atoms with van der Waals surface area (Å²) in [5.41, 5.74) is 0.938. The lowest BCUT2D eigenvalue weighted by Crippen LogP contribution is -2.32. The molecule has 5 heteroatoms. The predicted molar refractivity (Wildman–Crippen MR) is 74.0 cm³/mol. The van der Waals surface area contributed by atoms with Crippen molar-refractivity contribution in [3.63, 3.8) is 0 Å². The van der Waals surface area contributed by atoms with Crippen LogP contribution in [0.1, 0.15) is 12.5 Å². The number of hydrogen-bond acceptors (Lipinski definition) is 2. The second-order valence-electron chi connectivity index (χ2n) is 3.51. The normalized spacial score (nSPS) is 9.53. The van der Waals surface area contributed by atoms with Crippen LogP contribution in [-0.4, -0.2) is 25.5 Å². The van der Waals surface area contributed by atoms with Gasteiger partial charge in [-0.1, -0.05) is 30.7 Å². The van der Waals surface area contributed by atoms with Crippen LogP contribution < -0.4 is 10.6 Å². The van der Waals surface area contributed by atoms with E-state index >= 15 is 0 Å². The molecule has 3 nitrogen and oxygen atoms in total. The molecule has 0 saturated carbocycles. The average Bonchev–Trinajstić information content (AvgIpc) is 2.24. The van der Waals surface area contributed by atoms with Crippen molar-refractivity contribution >= 4 is 29.9 Å². The Balaban J connectivity index is 0.00000256. The molecular weight excluding hydrogens is 259 g/mol. The Morgan fingerprint density at radius 1 is 1.35 bits per heavy atom. The molecule has 17 heavy (non-hydrogen) atoms. The van der Waals surface area contributed by atoms with Gasteiger partial charge in [-0.15, -0.1) is 12.4 Å². The van der Waals surface area contributed by atoms with Crippen molar-refractivity contribution in [1.82, 2.24) is 10.6 Å². The summed E-state index contributed by atoms with van der Waals surface area (Å²) in [6, 6.07) is 7.36. The van der Waals surface area contributed by atoms with E-state index < -0.39 is 0 Å². The molecule has 2 N–H and O–H groups in total. The number of amides is 1. The van der Waals surface area contributed by atoms with Gasteiger partial charge in [0, 0.05) is 18.1 Å². The third kappa shape index (κ3) is 7.21. The Labute approximate surface area is 113 Å². The zero-order valence-corrected chi connectivity index (χ0v) is 11.4. The average molecular weight is 277 g/mol. The largest absolute Gasteiger partial charge is 0.355 e. The van der Waals surface area contributed by atoms with Gasteiger partial charge in [0.1, 0.15) is 0 Å². The van der Waals surface area contributed by atoms with Crippen LogP contribution in [0.15, 0.2) is 24.3 Å². The number of halogens is 2. The van der Waals surface area contributed by atoms with E-state index in [-0.39, 0.29) is 18.3 Å². The first kappa shape index (κ1) is 16.2. The quantitative estimate of drug-likeness (QED) is 0.781. The summed E-state index contributed by atoms with van der Waals surface area (Å²) in [7, 11) is 0. The van der Waals surface area contributed by atoms with E-state index in [0.717, 1.165) is 18.7 Å². The van der Waals surface area contributed by atoms with E-state index in [2.05, 4.69) is 10.6 Å². The first-order chi connectivity index (χ1) is 7.72. The van der Waals surface area contributed by atoms with E-state index in [0.29, 0.717) is 18.0 Å². The van der Waals surface area contributed by atoms with Crippen LogP contribution >= 0.6 is 24.0 Å². The fourth-order valence-electron chi connectivity index (χ4n) is 1.36. The molecule has 0 spiro atoms. The standard InChI is InChI=1S/C12H17ClN2O.ClH/c1-2-14-6-7-15-12(16)9-10-4-3-5-11(13)8-10;/h3-5,8,14H,2,6-7,9H2,1H3,(H,15,16);1H. The molecule has 0 radical (unpaired) electrons. The summed E-state index contributed by atoms with van der Waals surface area (Å²) in [5.74, 6) is 0.0279. The van der Waals surface area contributed by atoms with Gasteiger partial charge in [-0.05, 0) is 24.2 Å². The second kappa shape index (κ2) is 9.28. The fraction of sp³-hybridized carbons (Fsp3) is 0.417. The van der Waals surface area contributed by atoms with Gasteiger partial charge in [0.05, 0.1) is 6.42 Å². The maximum atomic E-state index is 11.5. The highest BCUT2D eigenvalue weighted by atomic mass is 35.5. The molecule has 1 aromatic carbocycles. The van der Waals surface area contributed by atoms with Gasteiger partial charge in [-0.3, -0.25) is 4.79 Å². The summed E-state index contributed by atoms with van der Waals surface area (Å²) < 4.78 is 0. The highest BCUT2D eigenvalue weighted by Crippen LogP contribution is 2.10. The molecule has 0 aromatic heterocycles. The lowest BCUT2D eigenvalue weighted by molar-refractivity contribution is -0.120. The zero-order chi connectivity index (χ0) is 11.8. The van der Waals surface area contributed by atoms with Gasteiger partial charge < -0.3 is 10.6 Å². The topological polar surface area (TPSA) is 41.1 Å². The summed E-state index contributed by atoms with van der Waals surface area (Å²) in [5, 5.41) is 6.65. The van der Waals surface area contributed by atoms with E-state index in [1.54, 1.807) is 6.07 Å². The number of nitrogens with one attached hydrogen (secondary N) is 2. The Morgan fingerprint density at radius 3 is 2.76 bits per heavy atom. The maximum absolute atomic E-state index is 11.5. The highest BCUT2D eigenvalue weighted by molar-refractivity contribution is 6.30. The molecular formula is C12H18Cl2N2O. The Hall–Kier alpha value is -0.770. The monoisotopic (exact) mass is 276 g/mol. The minimum absolute atomic E-state index is 0. The van der Waals surface area contributed by atoms with E-state index in [1.165, 1.54) is 0 Å². The van der Waals surface area contributed by atoms with Gasteiger partial charge in [0.25, 0.3) is 0 Å². The van der Waals surface area contributed by atoms with Crippen molar-refractivity contribution in [1.29, 1.82) is 0 Å². The highest BCUT2D eigenvalue weighted by Gasteiger charge is 2.02. The number of carbonyl (C=O) groups excluding carboxylic acids is 1. The minimum atomic E-state index is 0. The predicted octanol–water partition coefficient (Wildman–Crippen LogP) is 2.03. The van der Waals surface area contributed by atoms with E-state index in [1.807, 2.05) is 25.1 Å². The van der Waals surface area contributed by atoms with Crippen molar-refractivity contribution in [3.05, 3.63) is 34.9 Å². The third-order valence-corrected chi connectivity index (χ3v) is 2.36. The third-order valence-electron chi connectivity index (χ3n) is 2.13. The first-order valence-corrected chi connectivity index (χ1v) is 5.82. The van der Waals surface area contributed by atoms with Crippen molar-refractivity contribution < 1.29 is 4.79 Å². The molecule has 96 valence electrons. The van der Waals surface area contributed by atoms with Crippen LogP contribution in [0.5, 0.6) is 0 Å². The fourth-order valence-corrected chi connectivity index (χ4v) is 1.57. The van der Waals surface area contributed by atoms with Gasteiger partial charge in [-0.2, -0.15) is 0 Å². The number of rotatable bonds is 6. The van der Waals surface area contributed by atoms with E-state index in [9.17, 15) is 4.79 Å². The minimum Gasteiger partial charge on any atom is -0.355 e. The molecule has 0 aliphatic rings. The Morgan fingerprint density at radius 2 is 2.12 bits per heavy atom. The zero-order valence-electron chi connectivity index (χ0n) is 9.83. The molecule has 0 atom stereocenters. The number of hydrogen-bond donors (Lipinski definition) is 2. The summed E-state index contributed by atoms with van der Waals surface area (Å²) in [6.07, 6.45) is 0.382. The van der Waals surface area contributed by atoms with Crippen LogP contribution in [0.3, 0.4) is 0 Å². The maximum Gasteiger partial charge on any atom is 0.224 e. The lowest BCUT2D eigenvalue weighted by atomic mass is 10.1. The molecule has 0 saturated heterocycles. The van der Waals surface area contributed by atoms with Crippen molar-refractivity contribution in [2.24, 2.45) is 0 Å². The van der Waals surface area contributed by atoms with E-state index in [4.69, 9.17) is 11.6 Å². The second-order valence-corrected chi connectivity index (χ2v) is 3.95. The van der Waals surface area contributed by atoms with Crippen LogP contribution in [0, 0.1) is 0 Å². The van der Waals surface area contributed by atoms with Crippen LogP contribution in [-0.2, 0) is 11.2 Å². The van der Waals surface area contributed by atoms with Crippen molar-refractivity contribution in [2.45, 2.75) is 13.3 Å². The van der Waals surface area contributed by atoms with Crippen LogP contribution in [0.4, 0.5) is 0 Å². The van der Waals surface area contributed by atoms with Crippen LogP contribution in [0.2, 0.25) is 5.02 Å². The van der Waals surface area contributed by atoms with Crippen molar-refractivity contribution in [2.75, 3.05) is 19.6 Å². The Kier molecular flexibility index (Phi) is 8.86. The number of carbonyl (C=O) groups is 1. The number of benzene rings is 1. The molecule has 1 amide bonds. The van der Waals surface area contributed by atoms with Crippen molar-refractivity contribution in [3.8, 4) is 0 Å². The summed E-state index contributed by atoms with van der Waals surface area (Å²) >= 11 is 5.83. The van der Waals surface area contributed by atoms with Gasteiger partial charge in [0.15, 0.2) is 0 Å². The Bertz CT molecular complexity index is 345. The summed E-state index contributed by atoms with van der Waals surface area (Å²) in [6.45, 7) is 4.42. The molecule has 0 aliphatic heterocycles. The van der Waals surface area contributed by atoms with Gasteiger partial charge >= 0.3 is 0 Å². The lowest BCUT2D eigenvalue weighted by Gasteiger charge is -2.05. The first-order valence-electron chi connectivity index (χ1n) is 5.44. The molecule has 0 bridgehead atoms. The van der Waals surface area contributed by atoms with Gasteiger partial charge in [0.2, 0.25) is 5.91 Å². The molecule has 0 unspecified atom stereocenters. The molecule has 0 fully saturated rings. The summed E-state index contributed by atoms with van der Waals surface area (Å²) in [4.78, 5) is 11.5. The van der Waals surface area contributed by atoms with Gasteiger partial charge in [-0.25, -0.2) is 0 Å². The van der Waals surface area contributed by atoms with Crippen LogP contribution in [0.25, 0.3) is 0 Å². The molecule has 0 aliphatic carbocycles. The molecule has 1 aromatic rings.